The first-order chi connectivity index (χ1) is 8.30. The third-order valence-corrected chi connectivity index (χ3v) is 5.12. The molecule has 106 valence electrons. The Bertz CT molecular complexity index is 289. The fraction of sp³-hybridized carbons (Fsp3) is 1.00. The van der Waals surface area contributed by atoms with Crippen molar-refractivity contribution in [3.63, 3.8) is 0 Å². The van der Waals surface area contributed by atoms with Crippen LogP contribution in [-0.2, 0) is 0 Å². The van der Waals surface area contributed by atoms with Gasteiger partial charge in [-0.1, -0.05) is 20.8 Å². The van der Waals surface area contributed by atoms with Gasteiger partial charge in [0.05, 0.1) is 5.66 Å². The van der Waals surface area contributed by atoms with Crippen molar-refractivity contribution in [1.82, 2.24) is 10.2 Å². The standard InChI is InChI=1S/C15H31N3/c1-10-6-11(2)13-8-17-15(4,16)7-12(3)14(13)18(5)9-10/h10-14,17H,6-9,16H2,1-5H3. The largest absolute Gasteiger partial charge is 0.314 e. The van der Waals surface area contributed by atoms with Crippen molar-refractivity contribution in [2.45, 2.75) is 52.2 Å². The van der Waals surface area contributed by atoms with Crippen LogP contribution in [0, 0.1) is 23.7 Å². The molecule has 6 unspecified atom stereocenters. The van der Waals surface area contributed by atoms with Gasteiger partial charge in [-0.3, -0.25) is 5.32 Å². The summed E-state index contributed by atoms with van der Waals surface area (Å²) >= 11 is 0. The maximum absolute atomic E-state index is 6.35. The molecule has 2 saturated heterocycles. The number of hydrogen-bond donors (Lipinski definition) is 2. The van der Waals surface area contributed by atoms with Crippen molar-refractivity contribution < 1.29 is 0 Å². The molecule has 6 atom stereocenters. The van der Waals surface area contributed by atoms with Crippen molar-refractivity contribution in [3.05, 3.63) is 0 Å². The maximum Gasteiger partial charge on any atom is 0.0636 e. The molecule has 0 amide bonds. The number of hydrogen-bond acceptors (Lipinski definition) is 3. The second kappa shape index (κ2) is 5.10. The first-order valence-electron chi connectivity index (χ1n) is 7.54. The van der Waals surface area contributed by atoms with Crippen molar-refractivity contribution >= 4 is 0 Å². The van der Waals surface area contributed by atoms with E-state index in [1.54, 1.807) is 0 Å². The van der Waals surface area contributed by atoms with Gasteiger partial charge >= 0.3 is 0 Å². The van der Waals surface area contributed by atoms with E-state index in [4.69, 9.17) is 5.73 Å². The van der Waals surface area contributed by atoms with Crippen LogP contribution < -0.4 is 11.1 Å². The van der Waals surface area contributed by atoms with Crippen LogP contribution in [0.5, 0.6) is 0 Å². The zero-order valence-corrected chi connectivity index (χ0v) is 12.7. The lowest BCUT2D eigenvalue weighted by Gasteiger charge is -2.37. The fourth-order valence-corrected chi connectivity index (χ4v) is 4.55. The van der Waals surface area contributed by atoms with Crippen molar-refractivity contribution in [2.75, 3.05) is 20.1 Å². The van der Waals surface area contributed by atoms with E-state index < -0.39 is 0 Å². The van der Waals surface area contributed by atoms with E-state index in [0.717, 1.165) is 30.7 Å². The van der Waals surface area contributed by atoms with E-state index in [9.17, 15) is 0 Å². The highest BCUT2D eigenvalue weighted by Gasteiger charge is 2.42. The van der Waals surface area contributed by atoms with Crippen LogP contribution >= 0.6 is 0 Å². The number of fused-ring (bicyclic) bond motifs is 1. The van der Waals surface area contributed by atoms with Crippen LogP contribution in [0.15, 0.2) is 0 Å². The average Bonchev–Trinajstić information content (AvgIpc) is 2.38. The minimum absolute atomic E-state index is 0.197. The molecule has 0 aromatic rings. The summed E-state index contributed by atoms with van der Waals surface area (Å²) < 4.78 is 0. The van der Waals surface area contributed by atoms with Gasteiger partial charge in [-0.15, -0.1) is 0 Å². The lowest BCUT2D eigenvalue weighted by molar-refractivity contribution is 0.118. The lowest BCUT2D eigenvalue weighted by Crippen LogP contribution is -2.51. The molecule has 0 aromatic heterocycles. The van der Waals surface area contributed by atoms with E-state index in [-0.39, 0.29) is 5.66 Å². The smallest absolute Gasteiger partial charge is 0.0636 e. The molecule has 0 saturated carbocycles. The van der Waals surface area contributed by atoms with Crippen molar-refractivity contribution in [1.29, 1.82) is 0 Å². The second-order valence-corrected chi connectivity index (χ2v) is 7.39. The van der Waals surface area contributed by atoms with Crippen LogP contribution in [0.25, 0.3) is 0 Å². The predicted molar refractivity (Wildman–Crippen MR) is 77.2 cm³/mol. The van der Waals surface area contributed by atoms with Gasteiger partial charge in [0.1, 0.15) is 0 Å². The van der Waals surface area contributed by atoms with Crippen LogP contribution in [0.1, 0.15) is 40.5 Å². The molecule has 2 rings (SSSR count). The number of likely N-dealkylation sites (tertiary alicyclic amines) is 1. The highest BCUT2D eigenvalue weighted by Crippen LogP contribution is 2.37. The Labute approximate surface area is 112 Å². The van der Waals surface area contributed by atoms with Crippen LogP contribution in [0.3, 0.4) is 0 Å². The van der Waals surface area contributed by atoms with Gasteiger partial charge in [0.25, 0.3) is 0 Å². The Morgan fingerprint density at radius 2 is 1.89 bits per heavy atom. The number of nitrogens with one attached hydrogen (secondary N) is 1. The summed E-state index contributed by atoms with van der Waals surface area (Å²) in [6.07, 6.45) is 2.42. The minimum Gasteiger partial charge on any atom is -0.314 e. The summed E-state index contributed by atoms with van der Waals surface area (Å²) in [7, 11) is 2.31. The molecular weight excluding hydrogens is 222 g/mol. The monoisotopic (exact) mass is 253 g/mol. The fourth-order valence-electron chi connectivity index (χ4n) is 4.55. The molecule has 0 radical (unpaired) electrons. The molecule has 3 N–H and O–H groups in total. The van der Waals surface area contributed by atoms with Crippen LogP contribution in [0.2, 0.25) is 0 Å². The molecule has 18 heavy (non-hydrogen) atoms. The molecule has 3 nitrogen and oxygen atoms in total. The van der Waals surface area contributed by atoms with Crippen LogP contribution in [0.4, 0.5) is 0 Å². The third kappa shape index (κ3) is 2.89. The SMILES string of the molecule is CC1CC(C)C2CNC(C)(N)CC(C)C2N(C)C1. The van der Waals surface area contributed by atoms with Gasteiger partial charge in [0, 0.05) is 19.1 Å². The van der Waals surface area contributed by atoms with Gasteiger partial charge in [0.2, 0.25) is 0 Å². The molecule has 2 fully saturated rings. The highest BCUT2D eigenvalue weighted by molar-refractivity contribution is 4.96. The first-order valence-corrected chi connectivity index (χ1v) is 7.54. The Morgan fingerprint density at radius 3 is 2.56 bits per heavy atom. The van der Waals surface area contributed by atoms with Gasteiger partial charge in [-0.25, -0.2) is 0 Å². The Balaban J connectivity index is 2.25. The van der Waals surface area contributed by atoms with Crippen LogP contribution in [-0.4, -0.2) is 36.7 Å². The molecule has 3 heteroatoms. The Kier molecular flexibility index (Phi) is 4.05. The maximum atomic E-state index is 6.35. The first kappa shape index (κ1) is 14.3. The zero-order chi connectivity index (χ0) is 13.5. The van der Waals surface area contributed by atoms with E-state index in [2.05, 4.69) is 45.0 Å². The number of nitrogens with zero attached hydrogens (tertiary/aromatic N) is 1. The van der Waals surface area contributed by atoms with E-state index in [1.165, 1.54) is 13.0 Å². The normalized spacial score (nSPS) is 51.3. The molecule has 0 aromatic carbocycles. The topological polar surface area (TPSA) is 41.3 Å². The molecule has 2 heterocycles. The van der Waals surface area contributed by atoms with Gasteiger partial charge < -0.3 is 10.6 Å². The van der Waals surface area contributed by atoms with Crippen molar-refractivity contribution in [2.24, 2.45) is 29.4 Å². The average molecular weight is 253 g/mol. The molecule has 0 spiro atoms. The predicted octanol–water partition coefficient (Wildman–Crippen LogP) is 1.88. The zero-order valence-electron chi connectivity index (χ0n) is 12.7. The van der Waals surface area contributed by atoms with Crippen molar-refractivity contribution in [3.8, 4) is 0 Å². The third-order valence-electron chi connectivity index (χ3n) is 5.12. The Hall–Kier alpha value is -0.120. The second-order valence-electron chi connectivity index (χ2n) is 7.39. The molecule has 0 bridgehead atoms. The van der Waals surface area contributed by atoms with Gasteiger partial charge in [0.15, 0.2) is 0 Å². The highest BCUT2D eigenvalue weighted by atomic mass is 15.2. The lowest BCUT2D eigenvalue weighted by atomic mass is 9.79. The minimum atomic E-state index is -0.197. The number of nitrogens with two attached hydrogens (primary N) is 1. The summed E-state index contributed by atoms with van der Waals surface area (Å²) in [6, 6.07) is 0.683. The van der Waals surface area contributed by atoms with E-state index >= 15 is 0 Å². The summed E-state index contributed by atoms with van der Waals surface area (Å²) in [6.45, 7) is 11.7. The molecule has 0 aliphatic carbocycles. The summed E-state index contributed by atoms with van der Waals surface area (Å²) in [5.41, 5.74) is 6.15. The van der Waals surface area contributed by atoms with E-state index in [0.29, 0.717) is 12.0 Å². The molecule has 2 aliphatic heterocycles. The quantitative estimate of drug-likeness (QED) is 0.692. The molecular formula is C15H31N3. The van der Waals surface area contributed by atoms with Gasteiger partial charge in [-0.05, 0) is 50.5 Å². The Morgan fingerprint density at radius 1 is 1.22 bits per heavy atom. The molecule has 2 aliphatic rings. The summed E-state index contributed by atoms with van der Waals surface area (Å²) in [4.78, 5) is 2.60. The summed E-state index contributed by atoms with van der Waals surface area (Å²) in [5.74, 6) is 3.00. The van der Waals surface area contributed by atoms with Gasteiger partial charge in [-0.2, -0.15) is 0 Å². The number of rotatable bonds is 0. The summed E-state index contributed by atoms with van der Waals surface area (Å²) in [5, 5.41) is 3.60. The van der Waals surface area contributed by atoms with E-state index in [1.807, 2.05) is 0 Å².